The second-order valence-electron chi connectivity index (χ2n) is 2.77. The second-order valence-corrected chi connectivity index (χ2v) is 2.77. The zero-order chi connectivity index (χ0) is 7.56. The summed E-state index contributed by atoms with van der Waals surface area (Å²) in [6.45, 7) is 6.46. The van der Waals surface area contributed by atoms with Gasteiger partial charge in [0.1, 0.15) is 0 Å². The summed E-state index contributed by atoms with van der Waals surface area (Å²) in [6, 6.07) is 0.505. The van der Waals surface area contributed by atoms with Crippen molar-refractivity contribution in [3.8, 4) is 0 Å². The molecule has 0 aromatic rings. The number of nitrogens with zero attached hydrogens (tertiary/aromatic N) is 1. The van der Waals surface area contributed by atoms with E-state index in [-0.39, 0.29) is 0 Å². The van der Waals surface area contributed by atoms with Crippen LogP contribution >= 0.6 is 0 Å². The normalized spacial score (nSPS) is 24.5. The molecular weight excluding hydrogens is 122 g/mol. The van der Waals surface area contributed by atoms with Crippen molar-refractivity contribution in [2.75, 3.05) is 0 Å². The Labute approximate surface area is 62.9 Å². The first-order chi connectivity index (χ1) is 4.77. The Morgan fingerprint density at radius 2 is 2.20 bits per heavy atom. The van der Waals surface area contributed by atoms with Gasteiger partial charge in [-0.05, 0) is 31.4 Å². The Kier molecular flexibility index (Phi) is 2.25. The topological polar surface area (TPSA) is 12.4 Å². The third-order valence-corrected chi connectivity index (χ3v) is 1.98. The van der Waals surface area contributed by atoms with Crippen molar-refractivity contribution in [1.29, 1.82) is 0 Å². The summed E-state index contributed by atoms with van der Waals surface area (Å²) in [7, 11) is 0. The zero-order valence-electron chi connectivity index (χ0n) is 7.02. The van der Waals surface area contributed by atoms with E-state index in [0.717, 1.165) is 12.8 Å². The highest BCUT2D eigenvalue weighted by Crippen LogP contribution is 2.19. The van der Waals surface area contributed by atoms with Gasteiger partial charge in [-0.25, -0.2) is 0 Å². The lowest BCUT2D eigenvalue weighted by atomic mass is 10.0. The molecule has 1 rings (SSSR count). The van der Waals surface area contributed by atoms with Crippen LogP contribution < -0.4 is 0 Å². The largest absolute Gasteiger partial charge is 0.282 e. The van der Waals surface area contributed by atoms with Crippen LogP contribution in [-0.4, -0.2) is 11.8 Å². The van der Waals surface area contributed by atoms with Gasteiger partial charge in [0.2, 0.25) is 0 Å². The van der Waals surface area contributed by atoms with Gasteiger partial charge < -0.3 is 0 Å². The number of allylic oxidation sites excluding steroid dienone is 1. The molecule has 1 heteroatoms. The molecule has 1 unspecified atom stereocenters. The minimum Gasteiger partial charge on any atom is -0.282 e. The molecular formula is C9H15N. The van der Waals surface area contributed by atoms with E-state index in [0.29, 0.717) is 6.04 Å². The van der Waals surface area contributed by atoms with Crippen molar-refractivity contribution in [2.24, 2.45) is 4.99 Å². The second kappa shape index (κ2) is 3.00. The fourth-order valence-corrected chi connectivity index (χ4v) is 1.42. The average Bonchev–Trinajstić information content (AvgIpc) is 2.30. The van der Waals surface area contributed by atoms with Crippen LogP contribution in [0.1, 0.15) is 33.6 Å². The third kappa shape index (κ3) is 1.28. The monoisotopic (exact) mass is 137 g/mol. The molecule has 0 bridgehead atoms. The Hall–Kier alpha value is -0.590. The van der Waals surface area contributed by atoms with Gasteiger partial charge >= 0.3 is 0 Å². The van der Waals surface area contributed by atoms with Crippen LogP contribution in [-0.2, 0) is 0 Å². The first-order valence-electron chi connectivity index (χ1n) is 4.02. The van der Waals surface area contributed by atoms with Crippen molar-refractivity contribution in [3.05, 3.63) is 11.6 Å². The van der Waals surface area contributed by atoms with E-state index in [4.69, 9.17) is 0 Å². The van der Waals surface area contributed by atoms with Gasteiger partial charge in [-0.2, -0.15) is 0 Å². The zero-order valence-corrected chi connectivity index (χ0v) is 7.02. The molecule has 0 aromatic carbocycles. The molecule has 0 N–H and O–H groups in total. The highest BCUT2D eigenvalue weighted by atomic mass is 14.8. The Morgan fingerprint density at radius 1 is 1.50 bits per heavy atom. The lowest BCUT2D eigenvalue weighted by molar-refractivity contribution is 0.730. The van der Waals surface area contributed by atoms with Crippen molar-refractivity contribution in [2.45, 2.75) is 39.7 Å². The smallest absolute Gasteiger partial charge is 0.0713 e. The van der Waals surface area contributed by atoms with Crippen LogP contribution in [0, 0.1) is 0 Å². The van der Waals surface area contributed by atoms with Gasteiger partial charge in [0.25, 0.3) is 0 Å². The molecule has 0 fully saturated rings. The molecule has 1 nitrogen and oxygen atoms in total. The molecule has 0 aliphatic carbocycles. The van der Waals surface area contributed by atoms with Crippen LogP contribution in [0.2, 0.25) is 0 Å². The van der Waals surface area contributed by atoms with Gasteiger partial charge in [0.15, 0.2) is 0 Å². The van der Waals surface area contributed by atoms with Crippen LogP contribution in [0.5, 0.6) is 0 Å². The maximum atomic E-state index is 4.48. The van der Waals surface area contributed by atoms with Crippen molar-refractivity contribution >= 4 is 5.71 Å². The summed E-state index contributed by atoms with van der Waals surface area (Å²) >= 11 is 0. The number of hydrogen-bond acceptors (Lipinski definition) is 1. The number of aliphatic imine (C=N–C) groups is 1. The lowest BCUT2D eigenvalue weighted by Gasteiger charge is -2.06. The SMILES string of the molecule is CCC1=CC(C)=NC1CC. The minimum atomic E-state index is 0.505. The van der Waals surface area contributed by atoms with Crippen molar-refractivity contribution < 1.29 is 0 Å². The lowest BCUT2D eigenvalue weighted by Crippen LogP contribution is -2.01. The van der Waals surface area contributed by atoms with E-state index in [9.17, 15) is 0 Å². The van der Waals surface area contributed by atoms with Crippen molar-refractivity contribution in [3.63, 3.8) is 0 Å². The minimum absolute atomic E-state index is 0.505. The summed E-state index contributed by atoms with van der Waals surface area (Å²) in [4.78, 5) is 4.48. The standard InChI is InChI=1S/C9H15N/c1-4-8-6-7(3)10-9(8)5-2/h6,9H,4-5H2,1-3H3. The summed E-state index contributed by atoms with van der Waals surface area (Å²) < 4.78 is 0. The van der Waals surface area contributed by atoms with Crippen LogP contribution in [0.15, 0.2) is 16.6 Å². The number of hydrogen-bond donors (Lipinski definition) is 0. The third-order valence-electron chi connectivity index (χ3n) is 1.98. The number of rotatable bonds is 2. The predicted octanol–water partition coefficient (Wildman–Crippen LogP) is 2.58. The summed E-state index contributed by atoms with van der Waals surface area (Å²) in [5.41, 5.74) is 2.70. The molecule has 1 atom stereocenters. The quantitative estimate of drug-likeness (QED) is 0.554. The highest BCUT2D eigenvalue weighted by Gasteiger charge is 2.14. The fraction of sp³-hybridized carbons (Fsp3) is 0.667. The molecule has 0 aromatic heterocycles. The Balaban J connectivity index is 2.68. The predicted molar refractivity (Wildman–Crippen MR) is 45.6 cm³/mol. The fourth-order valence-electron chi connectivity index (χ4n) is 1.42. The van der Waals surface area contributed by atoms with E-state index < -0.39 is 0 Å². The molecule has 0 saturated heterocycles. The molecule has 1 aliphatic heterocycles. The summed E-state index contributed by atoms with van der Waals surface area (Å²) in [6.07, 6.45) is 4.52. The molecule has 10 heavy (non-hydrogen) atoms. The molecule has 0 amide bonds. The van der Waals surface area contributed by atoms with Gasteiger partial charge in [-0.3, -0.25) is 4.99 Å². The molecule has 0 radical (unpaired) electrons. The van der Waals surface area contributed by atoms with E-state index >= 15 is 0 Å². The molecule has 1 heterocycles. The Morgan fingerprint density at radius 3 is 2.60 bits per heavy atom. The van der Waals surface area contributed by atoms with E-state index in [1.54, 1.807) is 0 Å². The van der Waals surface area contributed by atoms with Crippen LogP contribution in [0.4, 0.5) is 0 Å². The first-order valence-corrected chi connectivity index (χ1v) is 4.02. The van der Waals surface area contributed by atoms with Crippen molar-refractivity contribution in [1.82, 2.24) is 0 Å². The van der Waals surface area contributed by atoms with Crippen LogP contribution in [0.3, 0.4) is 0 Å². The first kappa shape index (κ1) is 7.52. The van der Waals surface area contributed by atoms with E-state index in [1.807, 2.05) is 0 Å². The summed E-state index contributed by atoms with van der Waals surface area (Å²) in [5, 5.41) is 0. The van der Waals surface area contributed by atoms with Gasteiger partial charge in [0, 0.05) is 5.71 Å². The van der Waals surface area contributed by atoms with E-state index in [2.05, 4.69) is 31.8 Å². The molecule has 0 saturated carbocycles. The highest BCUT2D eigenvalue weighted by molar-refractivity contribution is 5.95. The molecule has 56 valence electrons. The molecule has 0 spiro atoms. The van der Waals surface area contributed by atoms with Gasteiger partial charge in [-0.1, -0.05) is 13.8 Å². The average molecular weight is 137 g/mol. The maximum Gasteiger partial charge on any atom is 0.0713 e. The van der Waals surface area contributed by atoms with Gasteiger partial charge in [0.05, 0.1) is 6.04 Å². The van der Waals surface area contributed by atoms with E-state index in [1.165, 1.54) is 11.3 Å². The summed E-state index contributed by atoms with van der Waals surface area (Å²) in [5.74, 6) is 0. The molecule has 1 aliphatic rings. The van der Waals surface area contributed by atoms with Gasteiger partial charge in [-0.15, -0.1) is 0 Å². The Bertz CT molecular complexity index is 177. The van der Waals surface area contributed by atoms with Crippen LogP contribution in [0.25, 0.3) is 0 Å². The maximum absolute atomic E-state index is 4.48.